The fraction of sp³-hybridized carbons (Fsp3) is 0.227. The molecule has 1 aromatic heterocycles. The largest absolute Gasteiger partial charge is 0.495 e. The summed E-state index contributed by atoms with van der Waals surface area (Å²) in [7, 11) is 3.20. The summed E-state index contributed by atoms with van der Waals surface area (Å²) in [6.45, 7) is 4.32. The minimum Gasteiger partial charge on any atom is -0.495 e. The third kappa shape index (κ3) is 4.64. The van der Waals surface area contributed by atoms with E-state index in [2.05, 4.69) is 5.32 Å². The molecule has 0 spiro atoms. The molecule has 3 rings (SSSR count). The molecule has 0 aliphatic rings. The second-order valence-electron chi connectivity index (χ2n) is 6.42. The third-order valence-electron chi connectivity index (χ3n) is 4.19. The standard InChI is InChI=1S/C22H23NO4S/c1-14-5-7-18(25-3)17(9-14)23-22(24)21-11-16(13-28-21)12-27-19-8-6-15(2)10-20(19)26-4/h5-11,13H,12H2,1-4H3,(H,23,24). The Morgan fingerprint density at radius 2 is 1.61 bits per heavy atom. The SMILES string of the molecule is COc1ccc(C)cc1NC(=O)c1cc(COc2ccc(C)cc2OC)cs1. The van der Waals surface area contributed by atoms with Crippen LogP contribution >= 0.6 is 11.3 Å². The Balaban J connectivity index is 1.67. The van der Waals surface area contributed by atoms with Crippen LogP contribution in [0.1, 0.15) is 26.4 Å². The topological polar surface area (TPSA) is 56.8 Å². The van der Waals surface area contributed by atoms with E-state index < -0.39 is 0 Å². The first-order valence-electron chi connectivity index (χ1n) is 8.81. The first-order chi connectivity index (χ1) is 13.5. The molecule has 28 heavy (non-hydrogen) atoms. The molecule has 0 saturated carbocycles. The lowest BCUT2D eigenvalue weighted by Gasteiger charge is -2.11. The van der Waals surface area contributed by atoms with Crippen LogP contribution in [0.4, 0.5) is 5.69 Å². The number of thiophene rings is 1. The Hall–Kier alpha value is -2.99. The number of nitrogens with one attached hydrogen (secondary N) is 1. The van der Waals surface area contributed by atoms with Crippen LogP contribution in [0.5, 0.6) is 17.2 Å². The highest BCUT2D eigenvalue weighted by molar-refractivity contribution is 7.12. The molecule has 2 aromatic carbocycles. The van der Waals surface area contributed by atoms with Crippen LogP contribution in [0.3, 0.4) is 0 Å². The van der Waals surface area contributed by atoms with Crippen molar-refractivity contribution in [3.8, 4) is 17.2 Å². The van der Waals surface area contributed by atoms with Crippen LogP contribution in [0.25, 0.3) is 0 Å². The smallest absolute Gasteiger partial charge is 0.265 e. The minimum atomic E-state index is -0.173. The molecule has 146 valence electrons. The van der Waals surface area contributed by atoms with Crippen LogP contribution in [-0.2, 0) is 6.61 Å². The molecular weight excluding hydrogens is 374 g/mol. The number of benzene rings is 2. The van der Waals surface area contributed by atoms with Gasteiger partial charge in [-0.05, 0) is 60.7 Å². The van der Waals surface area contributed by atoms with E-state index in [1.807, 2.05) is 61.7 Å². The number of amides is 1. The summed E-state index contributed by atoms with van der Waals surface area (Å²) in [4.78, 5) is 13.2. The van der Waals surface area contributed by atoms with Crippen LogP contribution in [0, 0.1) is 13.8 Å². The lowest BCUT2D eigenvalue weighted by atomic mass is 10.2. The molecule has 3 aromatic rings. The quantitative estimate of drug-likeness (QED) is 0.594. The minimum absolute atomic E-state index is 0.173. The number of ether oxygens (including phenoxy) is 3. The van der Waals surface area contributed by atoms with Crippen LogP contribution in [0.2, 0.25) is 0 Å². The van der Waals surface area contributed by atoms with Crippen LogP contribution < -0.4 is 19.5 Å². The van der Waals surface area contributed by atoms with Gasteiger partial charge in [-0.1, -0.05) is 12.1 Å². The highest BCUT2D eigenvalue weighted by Crippen LogP contribution is 2.30. The van der Waals surface area contributed by atoms with Crippen molar-refractivity contribution < 1.29 is 19.0 Å². The zero-order chi connectivity index (χ0) is 20.1. The number of methoxy groups -OCH3 is 2. The summed E-state index contributed by atoms with van der Waals surface area (Å²) in [5, 5.41) is 4.84. The van der Waals surface area contributed by atoms with Gasteiger partial charge in [0, 0.05) is 5.56 Å². The summed E-state index contributed by atoms with van der Waals surface area (Å²) < 4.78 is 16.5. The predicted octanol–water partition coefficient (Wildman–Crippen LogP) is 5.21. The molecule has 0 unspecified atom stereocenters. The summed E-state index contributed by atoms with van der Waals surface area (Å²) >= 11 is 1.38. The lowest BCUT2D eigenvalue weighted by Crippen LogP contribution is -2.11. The number of hydrogen-bond donors (Lipinski definition) is 1. The van der Waals surface area contributed by atoms with Gasteiger partial charge in [-0.15, -0.1) is 11.3 Å². The number of hydrogen-bond acceptors (Lipinski definition) is 5. The molecule has 0 bridgehead atoms. The Bertz CT molecular complexity index is 980. The Morgan fingerprint density at radius 1 is 0.929 bits per heavy atom. The van der Waals surface area contributed by atoms with E-state index in [0.717, 1.165) is 16.7 Å². The molecule has 0 fully saturated rings. The van der Waals surface area contributed by atoms with Crippen molar-refractivity contribution in [1.82, 2.24) is 0 Å². The summed E-state index contributed by atoms with van der Waals surface area (Å²) in [5.41, 5.74) is 3.73. The molecule has 1 amide bonds. The second kappa shape index (κ2) is 8.80. The van der Waals surface area contributed by atoms with E-state index in [4.69, 9.17) is 14.2 Å². The highest BCUT2D eigenvalue weighted by atomic mass is 32.1. The number of carbonyl (C=O) groups is 1. The Kier molecular flexibility index (Phi) is 6.21. The van der Waals surface area contributed by atoms with E-state index in [0.29, 0.717) is 34.4 Å². The zero-order valence-corrected chi connectivity index (χ0v) is 17.2. The fourth-order valence-electron chi connectivity index (χ4n) is 2.73. The molecule has 5 nitrogen and oxygen atoms in total. The fourth-order valence-corrected chi connectivity index (χ4v) is 3.52. The van der Waals surface area contributed by atoms with Gasteiger partial charge in [0.2, 0.25) is 0 Å². The molecule has 0 aliphatic heterocycles. The molecule has 1 heterocycles. The summed E-state index contributed by atoms with van der Waals surface area (Å²) in [5.74, 6) is 1.83. The van der Waals surface area contributed by atoms with Gasteiger partial charge in [0.1, 0.15) is 12.4 Å². The molecular formula is C22H23NO4S. The maximum atomic E-state index is 12.6. The van der Waals surface area contributed by atoms with Gasteiger partial charge in [0.05, 0.1) is 24.8 Å². The second-order valence-corrected chi connectivity index (χ2v) is 7.33. The van der Waals surface area contributed by atoms with E-state index in [-0.39, 0.29) is 5.91 Å². The van der Waals surface area contributed by atoms with E-state index in [1.165, 1.54) is 11.3 Å². The average molecular weight is 397 g/mol. The van der Waals surface area contributed by atoms with E-state index in [1.54, 1.807) is 14.2 Å². The summed E-state index contributed by atoms with van der Waals surface area (Å²) in [6.07, 6.45) is 0. The van der Waals surface area contributed by atoms with Crippen molar-refractivity contribution in [1.29, 1.82) is 0 Å². The van der Waals surface area contributed by atoms with E-state index >= 15 is 0 Å². The van der Waals surface area contributed by atoms with Gasteiger partial charge >= 0.3 is 0 Å². The Labute approximate surface area is 168 Å². The van der Waals surface area contributed by atoms with Crippen molar-refractivity contribution in [3.05, 3.63) is 69.4 Å². The summed E-state index contributed by atoms with van der Waals surface area (Å²) in [6, 6.07) is 13.3. The monoisotopic (exact) mass is 397 g/mol. The van der Waals surface area contributed by atoms with Gasteiger partial charge in [-0.2, -0.15) is 0 Å². The molecule has 0 aliphatic carbocycles. The maximum Gasteiger partial charge on any atom is 0.265 e. The van der Waals surface area contributed by atoms with Gasteiger partial charge in [-0.25, -0.2) is 0 Å². The van der Waals surface area contributed by atoms with Gasteiger partial charge < -0.3 is 19.5 Å². The molecule has 0 atom stereocenters. The number of anilines is 1. The average Bonchev–Trinajstić information content (AvgIpc) is 3.16. The van der Waals surface area contributed by atoms with E-state index in [9.17, 15) is 4.79 Å². The van der Waals surface area contributed by atoms with Gasteiger partial charge in [0.25, 0.3) is 5.91 Å². The third-order valence-corrected chi connectivity index (χ3v) is 5.17. The number of aryl methyl sites for hydroxylation is 2. The van der Waals surface area contributed by atoms with Crippen LogP contribution in [0.15, 0.2) is 47.8 Å². The van der Waals surface area contributed by atoms with Crippen molar-refractivity contribution in [2.45, 2.75) is 20.5 Å². The van der Waals surface area contributed by atoms with Crippen molar-refractivity contribution in [3.63, 3.8) is 0 Å². The lowest BCUT2D eigenvalue weighted by molar-refractivity contribution is 0.103. The van der Waals surface area contributed by atoms with Gasteiger partial charge in [0.15, 0.2) is 11.5 Å². The van der Waals surface area contributed by atoms with Gasteiger partial charge in [-0.3, -0.25) is 4.79 Å². The first-order valence-corrected chi connectivity index (χ1v) is 9.69. The Morgan fingerprint density at radius 3 is 2.32 bits per heavy atom. The molecule has 0 radical (unpaired) electrons. The van der Waals surface area contributed by atoms with Crippen molar-refractivity contribution >= 4 is 22.9 Å². The van der Waals surface area contributed by atoms with Crippen molar-refractivity contribution in [2.24, 2.45) is 0 Å². The predicted molar refractivity (Wildman–Crippen MR) is 112 cm³/mol. The normalized spacial score (nSPS) is 10.4. The molecule has 1 N–H and O–H groups in total. The number of rotatable bonds is 7. The van der Waals surface area contributed by atoms with Crippen LogP contribution in [-0.4, -0.2) is 20.1 Å². The number of carbonyl (C=O) groups excluding carboxylic acids is 1. The zero-order valence-electron chi connectivity index (χ0n) is 16.4. The first kappa shape index (κ1) is 19.8. The molecule has 6 heteroatoms. The highest BCUT2D eigenvalue weighted by Gasteiger charge is 2.13. The van der Waals surface area contributed by atoms with Crippen molar-refractivity contribution in [2.75, 3.05) is 19.5 Å². The molecule has 0 saturated heterocycles. The maximum absolute atomic E-state index is 12.6.